The Kier molecular flexibility index (Phi) is 4.28. The van der Waals surface area contributed by atoms with Crippen molar-refractivity contribution in [2.45, 2.75) is 23.3 Å². The monoisotopic (exact) mass is 348 g/mol. The van der Waals surface area contributed by atoms with Crippen LogP contribution in [0.15, 0.2) is 53.4 Å². The number of rotatable bonds is 4. The molecular weight excluding hydrogens is 331 g/mol. The lowest BCUT2D eigenvalue weighted by Crippen LogP contribution is -2.31. The SMILES string of the molecule is CS(=O)(=O)c1ccccc1NC(=O)N[C@@H]1C[C@H]1c1ccc(F)cc1. The highest BCUT2D eigenvalue weighted by Gasteiger charge is 2.39. The number of sulfone groups is 1. The van der Waals surface area contributed by atoms with Crippen molar-refractivity contribution < 1.29 is 17.6 Å². The molecule has 0 saturated heterocycles. The molecule has 0 aromatic heterocycles. The van der Waals surface area contributed by atoms with Crippen LogP contribution in [0, 0.1) is 5.82 Å². The summed E-state index contributed by atoms with van der Waals surface area (Å²) in [7, 11) is -3.43. The fourth-order valence-electron chi connectivity index (χ4n) is 2.65. The molecule has 2 aromatic carbocycles. The van der Waals surface area contributed by atoms with Gasteiger partial charge in [0, 0.05) is 18.2 Å². The number of carbonyl (C=O) groups is 1. The zero-order chi connectivity index (χ0) is 17.3. The molecule has 3 rings (SSSR count). The van der Waals surface area contributed by atoms with Gasteiger partial charge in [0.05, 0.1) is 10.6 Å². The zero-order valence-corrected chi connectivity index (χ0v) is 13.8. The Labute approximate surface area is 139 Å². The van der Waals surface area contributed by atoms with Crippen LogP contribution in [0.5, 0.6) is 0 Å². The summed E-state index contributed by atoms with van der Waals surface area (Å²) in [5.41, 5.74) is 1.22. The summed E-state index contributed by atoms with van der Waals surface area (Å²) < 4.78 is 36.4. The number of hydrogen-bond acceptors (Lipinski definition) is 3. The highest BCUT2D eigenvalue weighted by atomic mass is 32.2. The minimum atomic E-state index is -3.43. The fourth-order valence-corrected chi connectivity index (χ4v) is 3.50. The molecular formula is C17H17FN2O3S. The number of benzene rings is 2. The van der Waals surface area contributed by atoms with Crippen LogP contribution in [0.2, 0.25) is 0 Å². The van der Waals surface area contributed by atoms with Crippen molar-refractivity contribution in [1.82, 2.24) is 5.32 Å². The van der Waals surface area contributed by atoms with Crippen LogP contribution in [0.1, 0.15) is 17.9 Å². The van der Waals surface area contributed by atoms with Crippen LogP contribution in [0.25, 0.3) is 0 Å². The molecule has 0 heterocycles. The van der Waals surface area contributed by atoms with E-state index in [1.54, 1.807) is 30.3 Å². The molecule has 7 heteroatoms. The Morgan fingerprint density at radius 3 is 2.46 bits per heavy atom. The fraction of sp³-hybridized carbons (Fsp3) is 0.235. The lowest BCUT2D eigenvalue weighted by atomic mass is 10.1. The van der Waals surface area contributed by atoms with Gasteiger partial charge in [-0.25, -0.2) is 17.6 Å². The van der Waals surface area contributed by atoms with Crippen molar-refractivity contribution in [3.8, 4) is 0 Å². The Morgan fingerprint density at radius 2 is 1.79 bits per heavy atom. The molecule has 1 aliphatic rings. The van der Waals surface area contributed by atoms with Crippen LogP contribution in [-0.4, -0.2) is 26.7 Å². The largest absolute Gasteiger partial charge is 0.334 e. The predicted molar refractivity (Wildman–Crippen MR) is 89.3 cm³/mol. The predicted octanol–water partition coefficient (Wildman–Crippen LogP) is 2.91. The van der Waals surface area contributed by atoms with Gasteiger partial charge in [-0.1, -0.05) is 24.3 Å². The second-order valence-corrected chi connectivity index (χ2v) is 7.85. The normalized spacial score (nSPS) is 19.6. The third-order valence-corrected chi connectivity index (χ3v) is 5.09. The van der Waals surface area contributed by atoms with Gasteiger partial charge in [0.25, 0.3) is 0 Å². The van der Waals surface area contributed by atoms with Crippen molar-refractivity contribution in [2.75, 3.05) is 11.6 Å². The van der Waals surface area contributed by atoms with E-state index in [4.69, 9.17) is 0 Å². The first-order chi connectivity index (χ1) is 11.3. The smallest absolute Gasteiger partial charge is 0.319 e. The van der Waals surface area contributed by atoms with Crippen LogP contribution in [0.4, 0.5) is 14.9 Å². The highest BCUT2D eigenvalue weighted by Crippen LogP contribution is 2.40. The zero-order valence-electron chi connectivity index (χ0n) is 13.0. The Balaban J connectivity index is 1.63. The van der Waals surface area contributed by atoms with E-state index >= 15 is 0 Å². The Morgan fingerprint density at radius 1 is 1.12 bits per heavy atom. The molecule has 0 bridgehead atoms. The molecule has 2 N–H and O–H groups in total. The van der Waals surface area contributed by atoms with Gasteiger partial charge in [-0.2, -0.15) is 0 Å². The van der Waals surface area contributed by atoms with Crippen LogP contribution < -0.4 is 10.6 Å². The molecule has 5 nitrogen and oxygen atoms in total. The number of amides is 2. The molecule has 0 unspecified atom stereocenters. The molecule has 0 spiro atoms. The highest BCUT2D eigenvalue weighted by molar-refractivity contribution is 7.90. The number of para-hydroxylation sites is 1. The number of carbonyl (C=O) groups excluding carboxylic acids is 1. The average molecular weight is 348 g/mol. The van der Waals surface area contributed by atoms with E-state index in [9.17, 15) is 17.6 Å². The van der Waals surface area contributed by atoms with Gasteiger partial charge in [-0.3, -0.25) is 0 Å². The van der Waals surface area contributed by atoms with Crippen LogP contribution in [-0.2, 0) is 9.84 Å². The second kappa shape index (κ2) is 6.24. The van der Waals surface area contributed by atoms with Crippen molar-refractivity contribution >= 4 is 21.6 Å². The van der Waals surface area contributed by atoms with Gasteiger partial charge < -0.3 is 10.6 Å². The topological polar surface area (TPSA) is 75.3 Å². The number of halogens is 1. The summed E-state index contributed by atoms with van der Waals surface area (Å²) in [5.74, 6) is -0.138. The summed E-state index contributed by atoms with van der Waals surface area (Å²) in [6.45, 7) is 0. The number of hydrogen-bond donors (Lipinski definition) is 2. The van der Waals surface area contributed by atoms with E-state index < -0.39 is 15.9 Å². The van der Waals surface area contributed by atoms with Gasteiger partial charge >= 0.3 is 6.03 Å². The van der Waals surface area contributed by atoms with Gasteiger partial charge in [0.2, 0.25) is 0 Å². The van der Waals surface area contributed by atoms with Gasteiger partial charge in [-0.05, 0) is 36.2 Å². The van der Waals surface area contributed by atoms with Crippen molar-refractivity contribution in [3.05, 3.63) is 59.9 Å². The van der Waals surface area contributed by atoms with E-state index in [2.05, 4.69) is 10.6 Å². The van der Waals surface area contributed by atoms with E-state index in [-0.39, 0.29) is 28.4 Å². The molecule has 2 aromatic rings. The third kappa shape index (κ3) is 3.73. The standard InChI is InChI=1S/C17H17FN2O3S/c1-24(22,23)16-5-3-2-4-14(16)19-17(21)20-15-10-13(15)11-6-8-12(18)9-7-11/h2-9,13,15H,10H2,1H3,(H2,19,20,21)/t13-,15+/m0/s1. The first-order valence-electron chi connectivity index (χ1n) is 7.46. The number of urea groups is 1. The molecule has 24 heavy (non-hydrogen) atoms. The number of nitrogens with one attached hydrogen (secondary N) is 2. The average Bonchev–Trinajstić information content (AvgIpc) is 3.26. The van der Waals surface area contributed by atoms with Gasteiger partial charge in [0.1, 0.15) is 5.82 Å². The lowest BCUT2D eigenvalue weighted by molar-refractivity contribution is 0.251. The quantitative estimate of drug-likeness (QED) is 0.892. The van der Waals surface area contributed by atoms with Gasteiger partial charge in [-0.15, -0.1) is 0 Å². The Hall–Kier alpha value is -2.41. The van der Waals surface area contributed by atoms with Crippen LogP contribution >= 0.6 is 0 Å². The summed E-state index contributed by atoms with van der Waals surface area (Å²) in [6, 6.07) is 12.0. The second-order valence-electron chi connectivity index (χ2n) is 5.87. The third-order valence-electron chi connectivity index (χ3n) is 3.94. The van der Waals surface area contributed by atoms with Gasteiger partial charge in [0.15, 0.2) is 9.84 Å². The van der Waals surface area contributed by atoms with E-state index in [1.807, 2.05) is 0 Å². The first kappa shape index (κ1) is 16.4. The van der Waals surface area contributed by atoms with Crippen molar-refractivity contribution in [2.24, 2.45) is 0 Å². The summed E-state index contributed by atoms with van der Waals surface area (Å²) in [6.07, 6.45) is 1.86. The summed E-state index contributed by atoms with van der Waals surface area (Å²) in [5, 5.41) is 5.39. The number of anilines is 1. The molecule has 2 amide bonds. The van der Waals surface area contributed by atoms with Crippen molar-refractivity contribution in [3.63, 3.8) is 0 Å². The molecule has 1 aliphatic carbocycles. The van der Waals surface area contributed by atoms with E-state index in [0.29, 0.717) is 0 Å². The Bertz CT molecular complexity index is 866. The molecule has 1 saturated carbocycles. The first-order valence-corrected chi connectivity index (χ1v) is 9.36. The maximum absolute atomic E-state index is 12.9. The molecule has 0 radical (unpaired) electrons. The molecule has 126 valence electrons. The summed E-state index contributed by atoms with van der Waals surface area (Å²) >= 11 is 0. The maximum atomic E-state index is 12.9. The van der Waals surface area contributed by atoms with E-state index in [1.165, 1.54) is 18.2 Å². The minimum absolute atomic E-state index is 0.0409. The molecule has 1 fully saturated rings. The summed E-state index contributed by atoms with van der Waals surface area (Å²) in [4.78, 5) is 12.2. The van der Waals surface area contributed by atoms with Crippen molar-refractivity contribution in [1.29, 1.82) is 0 Å². The lowest BCUT2D eigenvalue weighted by Gasteiger charge is -2.11. The minimum Gasteiger partial charge on any atom is -0.334 e. The maximum Gasteiger partial charge on any atom is 0.319 e. The van der Waals surface area contributed by atoms with Crippen LogP contribution in [0.3, 0.4) is 0 Å². The molecule has 0 aliphatic heterocycles. The molecule has 2 atom stereocenters. The van der Waals surface area contributed by atoms with E-state index in [0.717, 1.165) is 18.2 Å².